The Bertz CT molecular complexity index is 519. The number of ether oxygens (including phenoxy) is 1. The topological polar surface area (TPSA) is 48.3 Å². The van der Waals surface area contributed by atoms with E-state index in [2.05, 4.69) is 49.2 Å². The summed E-state index contributed by atoms with van der Waals surface area (Å²) in [5.74, 6) is 0. The van der Waals surface area contributed by atoms with Crippen LogP contribution in [0.15, 0.2) is 18.2 Å². The summed E-state index contributed by atoms with van der Waals surface area (Å²) in [5, 5.41) is 12.8. The van der Waals surface area contributed by atoms with Gasteiger partial charge in [-0.1, -0.05) is 13.0 Å². The Labute approximate surface area is 127 Å². The van der Waals surface area contributed by atoms with Gasteiger partial charge in [-0.2, -0.15) is 5.26 Å². The van der Waals surface area contributed by atoms with Crippen molar-refractivity contribution in [2.24, 2.45) is 0 Å². The Balaban J connectivity index is 2.14. The van der Waals surface area contributed by atoms with Crippen LogP contribution in [0.1, 0.15) is 38.3 Å². The van der Waals surface area contributed by atoms with E-state index in [0.717, 1.165) is 49.4 Å². The van der Waals surface area contributed by atoms with Gasteiger partial charge < -0.3 is 15.0 Å². The number of rotatable bonds is 5. The maximum Gasteiger partial charge on any atom is 0.101 e. The zero-order chi connectivity index (χ0) is 15.3. The van der Waals surface area contributed by atoms with Crippen LogP contribution in [0.2, 0.25) is 0 Å². The molecular weight excluding hydrogens is 262 g/mol. The SMILES string of the molecule is CCCNCc1ccc(N2CCOC(C)(C)C2)c(C#N)c1. The van der Waals surface area contributed by atoms with Gasteiger partial charge in [0.15, 0.2) is 0 Å². The molecule has 0 amide bonds. The fourth-order valence-corrected chi connectivity index (χ4v) is 2.69. The number of morpholine rings is 1. The van der Waals surface area contributed by atoms with Crippen LogP contribution in [0.4, 0.5) is 5.69 Å². The molecule has 1 aliphatic rings. The second-order valence-corrected chi connectivity index (χ2v) is 6.17. The Morgan fingerprint density at radius 2 is 2.24 bits per heavy atom. The largest absolute Gasteiger partial charge is 0.372 e. The molecule has 1 heterocycles. The lowest BCUT2D eigenvalue weighted by Crippen LogP contribution is -2.48. The molecule has 1 fully saturated rings. The minimum atomic E-state index is -0.160. The van der Waals surface area contributed by atoms with Gasteiger partial charge in [0.25, 0.3) is 0 Å². The van der Waals surface area contributed by atoms with Gasteiger partial charge in [-0.3, -0.25) is 0 Å². The van der Waals surface area contributed by atoms with Gasteiger partial charge in [0.1, 0.15) is 6.07 Å². The molecule has 0 unspecified atom stereocenters. The van der Waals surface area contributed by atoms with Crippen molar-refractivity contribution in [2.75, 3.05) is 31.1 Å². The van der Waals surface area contributed by atoms with Crippen LogP contribution >= 0.6 is 0 Å². The lowest BCUT2D eigenvalue weighted by molar-refractivity contribution is -0.0277. The molecule has 4 nitrogen and oxygen atoms in total. The average Bonchev–Trinajstić information content (AvgIpc) is 2.46. The number of hydrogen-bond acceptors (Lipinski definition) is 4. The van der Waals surface area contributed by atoms with Crippen molar-refractivity contribution >= 4 is 5.69 Å². The Morgan fingerprint density at radius 1 is 1.43 bits per heavy atom. The van der Waals surface area contributed by atoms with E-state index >= 15 is 0 Å². The molecule has 1 N–H and O–H groups in total. The molecule has 2 rings (SSSR count). The van der Waals surface area contributed by atoms with Crippen molar-refractivity contribution in [1.82, 2.24) is 5.32 Å². The molecule has 0 spiro atoms. The first-order valence-electron chi connectivity index (χ1n) is 7.68. The maximum atomic E-state index is 9.45. The molecular formula is C17H25N3O. The third kappa shape index (κ3) is 4.20. The van der Waals surface area contributed by atoms with Crippen LogP contribution in [-0.4, -0.2) is 31.8 Å². The molecule has 0 bridgehead atoms. The number of nitrogens with zero attached hydrogens (tertiary/aromatic N) is 2. The lowest BCUT2D eigenvalue weighted by atomic mass is 10.0. The van der Waals surface area contributed by atoms with Crippen molar-refractivity contribution < 1.29 is 4.74 Å². The molecule has 1 saturated heterocycles. The van der Waals surface area contributed by atoms with Gasteiger partial charge in [-0.05, 0) is 44.5 Å². The summed E-state index contributed by atoms with van der Waals surface area (Å²) in [6.45, 7) is 10.5. The van der Waals surface area contributed by atoms with Gasteiger partial charge in [-0.15, -0.1) is 0 Å². The lowest BCUT2D eigenvalue weighted by Gasteiger charge is -2.39. The monoisotopic (exact) mass is 287 g/mol. The van der Waals surface area contributed by atoms with E-state index in [-0.39, 0.29) is 5.60 Å². The summed E-state index contributed by atoms with van der Waals surface area (Å²) >= 11 is 0. The molecule has 1 aliphatic heterocycles. The minimum absolute atomic E-state index is 0.160. The first-order chi connectivity index (χ1) is 10.1. The zero-order valence-corrected chi connectivity index (χ0v) is 13.3. The van der Waals surface area contributed by atoms with Gasteiger partial charge in [0.05, 0.1) is 23.5 Å². The molecule has 0 radical (unpaired) electrons. The number of nitriles is 1. The number of hydrogen-bond donors (Lipinski definition) is 1. The molecule has 0 atom stereocenters. The van der Waals surface area contributed by atoms with Crippen LogP contribution in [0.25, 0.3) is 0 Å². The van der Waals surface area contributed by atoms with Crippen LogP contribution in [-0.2, 0) is 11.3 Å². The highest BCUT2D eigenvalue weighted by molar-refractivity contribution is 5.61. The van der Waals surface area contributed by atoms with E-state index in [0.29, 0.717) is 6.61 Å². The predicted octanol–water partition coefficient (Wildman–Crippen LogP) is 2.67. The van der Waals surface area contributed by atoms with Crippen LogP contribution in [0, 0.1) is 11.3 Å². The Hall–Kier alpha value is -1.57. The van der Waals surface area contributed by atoms with Crippen molar-refractivity contribution in [3.05, 3.63) is 29.3 Å². The maximum absolute atomic E-state index is 9.45. The number of anilines is 1. The van der Waals surface area contributed by atoms with Crippen LogP contribution < -0.4 is 10.2 Å². The first-order valence-corrected chi connectivity index (χ1v) is 7.68. The molecule has 0 saturated carbocycles. The molecule has 0 aromatic heterocycles. The van der Waals surface area contributed by atoms with Gasteiger partial charge in [0, 0.05) is 19.6 Å². The summed E-state index contributed by atoms with van der Waals surface area (Å²) in [7, 11) is 0. The van der Waals surface area contributed by atoms with Gasteiger partial charge in [-0.25, -0.2) is 0 Å². The minimum Gasteiger partial charge on any atom is -0.372 e. The standard InChI is InChI=1S/C17H25N3O/c1-4-7-19-12-14-5-6-16(15(10-14)11-18)20-8-9-21-17(2,3)13-20/h5-6,10,19H,4,7-9,12-13H2,1-3H3. The van der Waals surface area contributed by atoms with E-state index in [1.165, 1.54) is 0 Å². The third-order valence-corrected chi connectivity index (χ3v) is 3.70. The normalized spacial score (nSPS) is 17.5. The van der Waals surface area contributed by atoms with Crippen LogP contribution in [0.5, 0.6) is 0 Å². The molecule has 0 aliphatic carbocycles. The summed E-state index contributed by atoms with van der Waals surface area (Å²) in [6, 6.07) is 8.53. The van der Waals surface area contributed by atoms with Crippen LogP contribution in [0.3, 0.4) is 0 Å². The molecule has 1 aromatic rings. The fraction of sp³-hybridized carbons (Fsp3) is 0.588. The molecule has 1 aromatic carbocycles. The van der Waals surface area contributed by atoms with Gasteiger partial charge >= 0.3 is 0 Å². The highest BCUT2D eigenvalue weighted by Gasteiger charge is 2.28. The molecule has 4 heteroatoms. The average molecular weight is 287 g/mol. The van der Waals surface area contributed by atoms with E-state index < -0.39 is 0 Å². The third-order valence-electron chi connectivity index (χ3n) is 3.70. The second kappa shape index (κ2) is 6.93. The summed E-state index contributed by atoms with van der Waals surface area (Å²) in [4.78, 5) is 2.26. The zero-order valence-electron chi connectivity index (χ0n) is 13.3. The highest BCUT2D eigenvalue weighted by atomic mass is 16.5. The summed E-state index contributed by atoms with van der Waals surface area (Å²) < 4.78 is 5.75. The highest BCUT2D eigenvalue weighted by Crippen LogP contribution is 2.26. The van der Waals surface area contributed by atoms with Crippen molar-refractivity contribution in [3.8, 4) is 6.07 Å². The van der Waals surface area contributed by atoms with E-state index in [1.807, 2.05) is 6.07 Å². The van der Waals surface area contributed by atoms with E-state index in [1.54, 1.807) is 0 Å². The molecule has 21 heavy (non-hydrogen) atoms. The second-order valence-electron chi connectivity index (χ2n) is 6.17. The Morgan fingerprint density at radius 3 is 2.90 bits per heavy atom. The van der Waals surface area contributed by atoms with Gasteiger partial charge in [0.2, 0.25) is 0 Å². The van der Waals surface area contributed by atoms with Crippen molar-refractivity contribution in [1.29, 1.82) is 5.26 Å². The summed E-state index contributed by atoms with van der Waals surface area (Å²) in [5.41, 5.74) is 2.78. The van der Waals surface area contributed by atoms with Crippen molar-refractivity contribution in [2.45, 2.75) is 39.3 Å². The number of benzene rings is 1. The predicted molar refractivity (Wildman–Crippen MR) is 85.4 cm³/mol. The Kier molecular flexibility index (Phi) is 5.22. The number of nitrogens with one attached hydrogen (secondary N) is 1. The van der Waals surface area contributed by atoms with E-state index in [4.69, 9.17) is 4.74 Å². The smallest absolute Gasteiger partial charge is 0.101 e. The van der Waals surface area contributed by atoms with Crippen molar-refractivity contribution in [3.63, 3.8) is 0 Å². The summed E-state index contributed by atoms with van der Waals surface area (Å²) in [6.07, 6.45) is 1.12. The molecule has 114 valence electrons. The fourth-order valence-electron chi connectivity index (χ4n) is 2.69. The first kappa shape index (κ1) is 15.8. The quantitative estimate of drug-likeness (QED) is 0.846. The van der Waals surface area contributed by atoms with E-state index in [9.17, 15) is 5.26 Å².